The van der Waals surface area contributed by atoms with Gasteiger partial charge in [-0.1, -0.05) is 63.7 Å². The SMILES string of the molecule is Brc1cc(Br)c(-c2cc(Br)c(Br)cc2Br)c(Br)c1. The Morgan fingerprint density at radius 1 is 0.500 bits per heavy atom. The fourth-order valence-corrected chi connectivity index (χ4v) is 5.74. The van der Waals surface area contributed by atoms with Gasteiger partial charge < -0.3 is 0 Å². The monoisotopic (exact) mass is 622 g/mol. The average Bonchev–Trinajstić information content (AvgIpc) is 2.24. The summed E-state index contributed by atoms with van der Waals surface area (Å²) < 4.78 is 6.14. The first kappa shape index (κ1) is 15.7. The Hall–Kier alpha value is 1.32. The Morgan fingerprint density at radius 2 is 1.00 bits per heavy atom. The maximum absolute atomic E-state index is 3.60. The van der Waals surface area contributed by atoms with Crippen molar-refractivity contribution in [1.82, 2.24) is 0 Å². The third kappa shape index (κ3) is 3.31. The molecule has 0 aliphatic heterocycles. The van der Waals surface area contributed by atoms with Gasteiger partial charge in [-0.3, -0.25) is 0 Å². The van der Waals surface area contributed by atoms with E-state index in [1.54, 1.807) is 0 Å². The third-order valence-electron chi connectivity index (χ3n) is 2.29. The Kier molecular flexibility index (Phi) is 5.58. The maximum Gasteiger partial charge on any atom is 0.0329 e. The van der Waals surface area contributed by atoms with E-state index in [0.717, 1.165) is 38.0 Å². The molecule has 0 saturated heterocycles. The Bertz CT molecular complexity index is 597. The fraction of sp³-hybridized carbons (Fsp3) is 0. The molecule has 18 heavy (non-hydrogen) atoms. The third-order valence-corrected chi connectivity index (χ3v) is 6.50. The summed E-state index contributed by atoms with van der Waals surface area (Å²) in [5, 5.41) is 0. The van der Waals surface area contributed by atoms with Crippen LogP contribution < -0.4 is 0 Å². The van der Waals surface area contributed by atoms with Gasteiger partial charge >= 0.3 is 0 Å². The molecule has 2 aromatic rings. The highest BCUT2D eigenvalue weighted by atomic mass is 79.9. The molecule has 0 radical (unpaired) electrons. The number of benzene rings is 2. The zero-order chi connectivity index (χ0) is 13.4. The molecule has 0 heterocycles. The summed E-state index contributed by atoms with van der Waals surface area (Å²) in [5.41, 5.74) is 2.22. The minimum absolute atomic E-state index is 1.02. The molecule has 94 valence electrons. The molecule has 0 nitrogen and oxygen atoms in total. The molecule has 0 aliphatic rings. The molecular weight excluding hydrogens is 624 g/mol. The molecular formula is C12H4Br6. The first-order valence-corrected chi connectivity index (χ1v) is 9.45. The van der Waals surface area contributed by atoms with E-state index in [0.29, 0.717) is 0 Å². The number of rotatable bonds is 1. The summed E-state index contributed by atoms with van der Waals surface area (Å²) in [6.07, 6.45) is 0. The summed E-state index contributed by atoms with van der Waals surface area (Å²) in [7, 11) is 0. The molecule has 0 saturated carbocycles. The van der Waals surface area contributed by atoms with Crippen molar-refractivity contribution >= 4 is 95.6 Å². The van der Waals surface area contributed by atoms with Gasteiger partial charge in [-0.05, 0) is 61.7 Å². The molecule has 0 bridgehead atoms. The summed E-state index contributed by atoms with van der Waals surface area (Å²) in [5.74, 6) is 0. The van der Waals surface area contributed by atoms with E-state index in [4.69, 9.17) is 0 Å². The van der Waals surface area contributed by atoms with Gasteiger partial charge in [0.2, 0.25) is 0 Å². The number of hydrogen-bond acceptors (Lipinski definition) is 0. The molecule has 0 atom stereocenters. The summed E-state index contributed by atoms with van der Waals surface area (Å²) in [4.78, 5) is 0. The number of hydrogen-bond donors (Lipinski definition) is 0. The van der Waals surface area contributed by atoms with E-state index < -0.39 is 0 Å². The van der Waals surface area contributed by atoms with E-state index in [1.165, 1.54) is 0 Å². The molecule has 0 aromatic heterocycles. The van der Waals surface area contributed by atoms with Crippen LogP contribution in [0.15, 0.2) is 51.1 Å². The average molecular weight is 628 g/mol. The van der Waals surface area contributed by atoms with Crippen LogP contribution in [0.2, 0.25) is 0 Å². The summed E-state index contributed by atoms with van der Waals surface area (Å²) in [6.45, 7) is 0. The van der Waals surface area contributed by atoms with E-state index in [1.807, 2.05) is 18.2 Å². The lowest BCUT2D eigenvalue weighted by Crippen LogP contribution is -1.86. The lowest BCUT2D eigenvalue weighted by molar-refractivity contribution is 1.48. The summed E-state index contributed by atoms with van der Waals surface area (Å²) >= 11 is 21.3. The van der Waals surface area contributed by atoms with Crippen molar-refractivity contribution < 1.29 is 0 Å². The van der Waals surface area contributed by atoms with Gasteiger partial charge in [-0.15, -0.1) is 0 Å². The van der Waals surface area contributed by atoms with Gasteiger partial charge in [-0.25, -0.2) is 0 Å². The van der Waals surface area contributed by atoms with E-state index >= 15 is 0 Å². The quantitative estimate of drug-likeness (QED) is 0.282. The molecule has 2 aromatic carbocycles. The van der Waals surface area contributed by atoms with Crippen molar-refractivity contribution in [1.29, 1.82) is 0 Å². The molecule has 2 rings (SSSR count). The minimum atomic E-state index is 1.02. The predicted octanol–water partition coefficient (Wildman–Crippen LogP) is 7.93. The van der Waals surface area contributed by atoms with Crippen molar-refractivity contribution in [2.24, 2.45) is 0 Å². The van der Waals surface area contributed by atoms with E-state index in [9.17, 15) is 0 Å². The van der Waals surface area contributed by atoms with Crippen LogP contribution in [0.25, 0.3) is 11.1 Å². The van der Waals surface area contributed by atoms with Gasteiger partial charge in [-0.2, -0.15) is 0 Å². The molecule has 0 amide bonds. The normalized spacial score (nSPS) is 10.8. The van der Waals surface area contributed by atoms with Crippen molar-refractivity contribution in [2.45, 2.75) is 0 Å². The zero-order valence-corrected chi connectivity index (χ0v) is 18.1. The van der Waals surface area contributed by atoms with Gasteiger partial charge in [0.1, 0.15) is 0 Å². The second-order valence-corrected chi connectivity index (χ2v) is 8.68. The van der Waals surface area contributed by atoms with Crippen LogP contribution in [0.4, 0.5) is 0 Å². The Morgan fingerprint density at radius 3 is 1.56 bits per heavy atom. The van der Waals surface area contributed by atoms with Crippen LogP contribution in [0.3, 0.4) is 0 Å². The van der Waals surface area contributed by atoms with Gasteiger partial charge in [0.15, 0.2) is 0 Å². The number of halogens is 6. The lowest BCUT2D eigenvalue weighted by Gasteiger charge is -2.12. The topological polar surface area (TPSA) is 0 Å². The first-order chi connectivity index (χ1) is 8.40. The second kappa shape index (κ2) is 6.39. The fourth-order valence-electron chi connectivity index (χ4n) is 1.51. The van der Waals surface area contributed by atoms with Crippen LogP contribution in [-0.4, -0.2) is 0 Å². The van der Waals surface area contributed by atoms with Crippen LogP contribution >= 0.6 is 95.6 Å². The lowest BCUT2D eigenvalue weighted by atomic mass is 10.1. The van der Waals surface area contributed by atoms with Gasteiger partial charge in [0.05, 0.1) is 0 Å². The zero-order valence-electron chi connectivity index (χ0n) is 8.58. The van der Waals surface area contributed by atoms with Crippen LogP contribution in [0.1, 0.15) is 0 Å². The van der Waals surface area contributed by atoms with Gasteiger partial charge in [0, 0.05) is 32.4 Å². The highest BCUT2D eigenvalue weighted by Crippen LogP contribution is 2.43. The van der Waals surface area contributed by atoms with Crippen molar-refractivity contribution in [2.75, 3.05) is 0 Å². The highest BCUT2D eigenvalue weighted by molar-refractivity contribution is 9.13. The largest absolute Gasteiger partial charge is 0.0508 e. The second-order valence-electron chi connectivity index (χ2n) is 3.49. The standard InChI is InChI=1S/C12H4Br6/c13-5-1-10(17)12(11(18)2-5)6-3-8(15)9(16)4-7(6)14/h1-4H. The Labute approximate surface area is 156 Å². The Balaban J connectivity index is 2.73. The van der Waals surface area contributed by atoms with Crippen molar-refractivity contribution in [3.8, 4) is 11.1 Å². The van der Waals surface area contributed by atoms with Gasteiger partial charge in [0.25, 0.3) is 0 Å². The van der Waals surface area contributed by atoms with Crippen molar-refractivity contribution in [3.05, 3.63) is 51.1 Å². The molecule has 0 N–H and O–H groups in total. The minimum Gasteiger partial charge on any atom is -0.0508 e. The maximum atomic E-state index is 3.60. The molecule has 0 spiro atoms. The highest BCUT2D eigenvalue weighted by Gasteiger charge is 2.14. The molecule has 6 heteroatoms. The smallest absolute Gasteiger partial charge is 0.0329 e. The van der Waals surface area contributed by atoms with Crippen LogP contribution in [-0.2, 0) is 0 Å². The molecule has 0 fully saturated rings. The first-order valence-electron chi connectivity index (χ1n) is 4.69. The van der Waals surface area contributed by atoms with E-state index in [-0.39, 0.29) is 0 Å². The molecule has 0 unspecified atom stereocenters. The summed E-state index contributed by atoms with van der Waals surface area (Å²) in [6, 6.07) is 8.16. The van der Waals surface area contributed by atoms with Crippen molar-refractivity contribution in [3.63, 3.8) is 0 Å². The van der Waals surface area contributed by atoms with E-state index in [2.05, 4.69) is 102 Å². The molecule has 0 aliphatic carbocycles. The van der Waals surface area contributed by atoms with Crippen LogP contribution in [0, 0.1) is 0 Å². The predicted molar refractivity (Wildman–Crippen MR) is 98.1 cm³/mol. The van der Waals surface area contributed by atoms with Crippen LogP contribution in [0.5, 0.6) is 0 Å².